The van der Waals surface area contributed by atoms with E-state index in [2.05, 4.69) is 16.0 Å². The molecular weight excluding hydrogens is 348 g/mol. The van der Waals surface area contributed by atoms with Crippen LogP contribution in [0.2, 0.25) is 0 Å². The molecule has 0 spiro atoms. The maximum absolute atomic E-state index is 12.7. The Morgan fingerprint density at radius 3 is 2.81 bits per heavy atom. The van der Waals surface area contributed by atoms with E-state index in [1.807, 2.05) is 35.2 Å². The second-order valence-corrected chi connectivity index (χ2v) is 6.47. The van der Waals surface area contributed by atoms with Crippen LogP contribution in [0.4, 0.5) is 10.5 Å². The van der Waals surface area contributed by atoms with E-state index in [1.54, 1.807) is 6.92 Å². The van der Waals surface area contributed by atoms with Crippen molar-refractivity contribution < 1.29 is 19.1 Å². The molecule has 27 heavy (non-hydrogen) atoms. The van der Waals surface area contributed by atoms with E-state index in [0.717, 1.165) is 25.1 Å². The maximum Gasteiger partial charge on any atom is 0.337 e. The molecular formula is C19H24N4O4. The molecule has 0 radical (unpaired) electrons. The van der Waals surface area contributed by atoms with Crippen LogP contribution in [0.5, 0.6) is 0 Å². The molecule has 144 valence electrons. The van der Waals surface area contributed by atoms with Crippen LogP contribution >= 0.6 is 0 Å². The predicted octanol–water partition coefficient (Wildman–Crippen LogP) is 1.22. The quantitative estimate of drug-likeness (QED) is 0.652. The Labute approximate surface area is 157 Å². The van der Waals surface area contributed by atoms with Gasteiger partial charge in [0, 0.05) is 17.9 Å². The van der Waals surface area contributed by atoms with Crippen molar-refractivity contribution in [1.82, 2.24) is 15.5 Å². The number of hydrogen-bond donors (Lipinski definition) is 3. The lowest BCUT2D eigenvalue weighted by Crippen LogP contribution is -2.48. The minimum Gasteiger partial charge on any atom is -0.463 e. The first kappa shape index (κ1) is 18.9. The molecule has 2 aliphatic heterocycles. The third-order valence-electron chi connectivity index (χ3n) is 4.65. The van der Waals surface area contributed by atoms with E-state index in [-0.39, 0.29) is 31.1 Å². The van der Waals surface area contributed by atoms with Crippen LogP contribution in [0, 0.1) is 0 Å². The summed E-state index contributed by atoms with van der Waals surface area (Å²) >= 11 is 0. The van der Waals surface area contributed by atoms with Crippen molar-refractivity contribution in [2.45, 2.75) is 25.8 Å². The maximum atomic E-state index is 12.7. The number of hydrogen-bond acceptors (Lipinski definition) is 5. The van der Waals surface area contributed by atoms with E-state index in [4.69, 9.17) is 4.74 Å². The summed E-state index contributed by atoms with van der Waals surface area (Å²) in [5, 5.41) is 8.21. The Balaban J connectivity index is 1.72. The van der Waals surface area contributed by atoms with Crippen LogP contribution in [0.25, 0.3) is 0 Å². The number of ether oxygens (including phenoxy) is 1. The van der Waals surface area contributed by atoms with E-state index in [0.29, 0.717) is 17.8 Å². The first-order valence-corrected chi connectivity index (χ1v) is 9.12. The standard InChI is InChI=1S/C19H24N4O4/c1-2-27-18(25)14-11-20-19(26)22-15(14)12-23-10-6-9-16(23)17(24)21-13-7-4-3-5-8-13/h3-5,7-8,16H,2,6,9-12H2,1H3,(H,21,24)(H2,20,22,26)/t16-/m1/s1. The number of para-hydroxylation sites is 1. The van der Waals surface area contributed by atoms with Gasteiger partial charge in [0.05, 0.1) is 24.8 Å². The fourth-order valence-electron chi connectivity index (χ4n) is 3.34. The van der Waals surface area contributed by atoms with Crippen LogP contribution in [0.3, 0.4) is 0 Å². The highest BCUT2D eigenvalue weighted by molar-refractivity contribution is 5.95. The van der Waals surface area contributed by atoms with Crippen molar-refractivity contribution >= 4 is 23.6 Å². The molecule has 8 nitrogen and oxygen atoms in total. The summed E-state index contributed by atoms with van der Waals surface area (Å²) in [5.41, 5.74) is 1.64. The Kier molecular flexibility index (Phi) is 6.08. The number of rotatable bonds is 6. The molecule has 0 aromatic heterocycles. The normalized spacial score (nSPS) is 20.0. The van der Waals surface area contributed by atoms with Gasteiger partial charge in [-0.25, -0.2) is 9.59 Å². The molecule has 3 rings (SSSR count). The zero-order chi connectivity index (χ0) is 19.2. The summed E-state index contributed by atoms with van der Waals surface area (Å²) in [4.78, 5) is 38.6. The first-order chi connectivity index (χ1) is 13.1. The van der Waals surface area contributed by atoms with E-state index >= 15 is 0 Å². The molecule has 1 fully saturated rings. The summed E-state index contributed by atoms with van der Waals surface area (Å²) in [5.74, 6) is -0.540. The zero-order valence-electron chi connectivity index (χ0n) is 15.3. The minimum absolute atomic E-state index is 0.0859. The summed E-state index contributed by atoms with van der Waals surface area (Å²) in [6.07, 6.45) is 1.61. The Morgan fingerprint density at radius 2 is 2.07 bits per heavy atom. The number of nitrogens with zero attached hydrogens (tertiary/aromatic N) is 1. The number of anilines is 1. The molecule has 2 heterocycles. The van der Waals surface area contributed by atoms with Gasteiger partial charge in [0.15, 0.2) is 0 Å². The van der Waals surface area contributed by atoms with Gasteiger partial charge in [-0.05, 0) is 38.4 Å². The summed E-state index contributed by atoms with van der Waals surface area (Å²) in [7, 11) is 0. The van der Waals surface area contributed by atoms with Crippen molar-refractivity contribution in [2.75, 3.05) is 31.6 Å². The van der Waals surface area contributed by atoms with Crippen LogP contribution in [0.15, 0.2) is 41.6 Å². The number of amides is 3. The van der Waals surface area contributed by atoms with Crippen LogP contribution < -0.4 is 16.0 Å². The number of carbonyl (C=O) groups excluding carboxylic acids is 3. The minimum atomic E-state index is -0.454. The SMILES string of the molecule is CCOC(=O)C1=C(CN2CCC[C@@H]2C(=O)Nc2ccccc2)NC(=O)NC1. The number of benzene rings is 1. The first-order valence-electron chi connectivity index (χ1n) is 9.12. The second kappa shape index (κ2) is 8.68. The van der Waals surface area contributed by atoms with E-state index in [9.17, 15) is 14.4 Å². The summed E-state index contributed by atoms with van der Waals surface area (Å²) < 4.78 is 5.08. The van der Waals surface area contributed by atoms with Crippen LogP contribution in [-0.4, -0.2) is 55.1 Å². The average Bonchev–Trinajstić information content (AvgIpc) is 3.11. The number of nitrogens with one attached hydrogen (secondary N) is 3. The third kappa shape index (κ3) is 4.65. The van der Waals surface area contributed by atoms with Gasteiger partial charge < -0.3 is 20.7 Å². The average molecular weight is 372 g/mol. The van der Waals surface area contributed by atoms with Gasteiger partial charge in [-0.3, -0.25) is 9.69 Å². The lowest BCUT2D eigenvalue weighted by molar-refractivity contribution is -0.138. The number of carbonyl (C=O) groups is 3. The van der Waals surface area contributed by atoms with Crippen molar-refractivity contribution in [1.29, 1.82) is 0 Å². The molecule has 1 aromatic carbocycles. The highest BCUT2D eigenvalue weighted by Gasteiger charge is 2.33. The van der Waals surface area contributed by atoms with Gasteiger partial charge >= 0.3 is 12.0 Å². The second-order valence-electron chi connectivity index (χ2n) is 6.47. The van der Waals surface area contributed by atoms with Crippen LogP contribution in [0.1, 0.15) is 19.8 Å². The Hall–Kier alpha value is -2.87. The van der Waals surface area contributed by atoms with Gasteiger partial charge in [-0.15, -0.1) is 0 Å². The fraction of sp³-hybridized carbons (Fsp3) is 0.421. The molecule has 0 bridgehead atoms. The van der Waals surface area contributed by atoms with Gasteiger partial charge in [0.25, 0.3) is 0 Å². The van der Waals surface area contributed by atoms with Crippen molar-refractivity contribution in [3.05, 3.63) is 41.6 Å². The number of urea groups is 1. The molecule has 8 heteroatoms. The number of esters is 1. The van der Waals surface area contributed by atoms with Crippen molar-refractivity contribution in [3.63, 3.8) is 0 Å². The molecule has 3 amide bonds. The van der Waals surface area contributed by atoms with Gasteiger partial charge in [-0.1, -0.05) is 18.2 Å². The third-order valence-corrected chi connectivity index (χ3v) is 4.65. The molecule has 1 aromatic rings. The lowest BCUT2D eigenvalue weighted by Gasteiger charge is -2.28. The molecule has 2 aliphatic rings. The number of likely N-dealkylation sites (tertiary alicyclic amines) is 1. The van der Waals surface area contributed by atoms with Crippen molar-refractivity contribution in [3.8, 4) is 0 Å². The van der Waals surface area contributed by atoms with E-state index in [1.165, 1.54) is 0 Å². The van der Waals surface area contributed by atoms with Gasteiger partial charge in [-0.2, -0.15) is 0 Å². The predicted molar refractivity (Wildman–Crippen MR) is 99.9 cm³/mol. The van der Waals surface area contributed by atoms with E-state index < -0.39 is 5.97 Å². The molecule has 0 aliphatic carbocycles. The highest BCUT2D eigenvalue weighted by atomic mass is 16.5. The van der Waals surface area contributed by atoms with Crippen molar-refractivity contribution in [2.24, 2.45) is 0 Å². The fourth-order valence-corrected chi connectivity index (χ4v) is 3.34. The molecule has 1 atom stereocenters. The molecule has 0 saturated carbocycles. The lowest BCUT2D eigenvalue weighted by atomic mass is 10.1. The summed E-state index contributed by atoms with van der Waals surface area (Å²) in [6.45, 7) is 3.14. The smallest absolute Gasteiger partial charge is 0.337 e. The van der Waals surface area contributed by atoms with Gasteiger partial charge in [0.2, 0.25) is 5.91 Å². The van der Waals surface area contributed by atoms with Crippen LogP contribution in [-0.2, 0) is 14.3 Å². The topological polar surface area (TPSA) is 99.8 Å². The highest BCUT2D eigenvalue weighted by Crippen LogP contribution is 2.21. The summed E-state index contributed by atoms with van der Waals surface area (Å²) in [6, 6.07) is 8.62. The van der Waals surface area contributed by atoms with Gasteiger partial charge in [0.1, 0.15) is 0 Å². The largest absolute Gasteiger partial charge is 0.463 e. The molecule has 3 N–H and O–H groups in total. The zero-order valence-corrected chi connectivity index (χ0v) is 15.3. The molecule has 1 saturated heterocycles. The monoisotopic (exact) mass is 372 g/mol. The molecule has 0 unspecified atom stereocenters. The Bertz CT molecular complexity index is 747. The Morgan fingerprint density at radius 1 is 1.30 bits per heavy atom.